The summed E-state index contributed by atoms with van der Waals surface area (Å²) in [5.74, 6) is 3.46. The van der Waals surface area contributed by atoms with Crippen LogP contribution in [0.2, 0.25) is 0 Å². The minimum absolute atomic E-state index is 0.528. The van der Waals surface area contributed by atoms with Gasteiger partial charge in [-0.05, 0) is 24.6 Å². The van der Waals surface area contributed by atoms with Gasteiger partial charge in [0.05, 0.1) is 6.54 Å². The number of aromatic nitrogens is 1. The summed E-state index contributed by atoms with van der Waals surface area (Å²) < 4.78 is 0. The highest BCUT2D eigenvalue weighted by Crippen LogP contribution is 2.12. The molecule has 0 aliphatic heterocycles. The Morgan fingerprint density at radius 1 is 1.57 bits per heavy atom. The molecule has 74 valence electrons. The lowest BCUT2D eigenvalue weighted by Crippen LogP contribution is -2.19. The van der Waals surface area contributed by atoms with Crippen LogP contribution in [0.25, 0.3) is 0 Å². The van der Waals surface area contributed by atoms with E-state index in [1.54, 1.807) is 0 Å². The van der Waals surface area contributed by atoms with E-state index >= 15 is 0 Å². The van der Waals surface area contributed by atoms with Gasteiger partial charge in [-0.3, -0.25) is 0 Å². The zero-order valence-electron chi connectivity index (χ0n) is 8.62. The lowest BCUT2D eigenvalue weighted by molar-refractivity contribution is 0.968. The monoisotopic (exact) mass is 189 g/mol. The molecule has 1 rings (SSSR count). The zero-order valence-corrected chi connectivity index (χ0v) is 8.62. The Hall–Kier alpha value is -1.53. The highest BCUT2D eigenvalue weighted by Gasteiger charge is 2.03. The van der Waals surface area contributed by atoms with E-state index < -0.39 is 0 Å². The Labute approximate surface area is 84.9 Å². The number of hydrogen-bond donors (Lipinski definition) is 1. The SMILES string of the molecule is C#CCN(C)c1cc(CN)cc(C)n1. The van der Waals surface area contributed by atoms with Crippen LogP contribution in [0.3, 0.4) is 0 Å². The fourth-order valence-corrected chi connectivity index (χ4v) is 1.25. The summed E-state index contributed by atoms with van der Waals surface area (Å²) in [6, 6.07) is 3.94. The van der Waals surface area contributed by atoms with E-state index in [-0.39, 0.29) is 0 Å². The fourth-order valence-electron chi connectivity index (χ4n) is 1.25. The number of rotatable bonds is 3. The average Bonchev–Trinajstić information content (AvgIpc) is 2.17. The van der Waals surface area contributed by atoms with Gasteiger partial charge in [-0.1, -0.05) is 5.92 Å². The van der Waals surface area contributed by atoms with Crippen molar-refractivity contribution in [3.63, 3.8) is 0 Å². The van der Waals surface area contributed by atoms with Crippen LogP contribution in [0, 0.1) is 19.3 Å². The summed E-state index contributed by atoms with van der Waals surface area (Å²) in [6.45, 7) is 3.03. The van der Waals surface area contributed by atoms with Gasteiger partial charge >= 0.3 is 0 Å². The number of nitrogens with two attached hydrogens (primary N) is 1. The number of hydrogen-bond acceptors (Lipinski definition) is 3. The first-order valence-corrected chi connectivity index (χ1v) is 4.49. The van der Waals surface area contributed by atoms with Crippen LogP contribution in [-0.2, 0) is 6.54 Å². The maximum absolute atomic E-state index is 5.58. The molecule has 1 aromatic rings. The van der Waals surface area contributed by atoms with Gasteiger partial charge in [0.15, 0.2) is 0 Å². The molecule has 2 N–H and O–H groups in total. The van der Waals surface area contributed by atoms with Crippen molar-refractivity contribution in [1.29, 1.82) is 0 Å². The number of pyridine rings is 1. The zero-order chi connectivity index (χ0) is 10.6. The molecule has 3 nitrogen and oxygen atoms in total. The topological polar surface area (TPSA) is 42.1 Å². The molecule has 1 aromatic heterocycles. The Kier molecular flexibility index (Phi) is 3.49. The Bertz CT molecular complexity index is 352. The van der Waals surface area contributed by atoms with Crippen molar-refractivity contribution in [3.8, 4) is 12.3 Å². The van der Waals surface area contributed by atoms with Crippen molar-refractivity contribution >= 4 is 5.82 Å². The Morgan fingerprint density at radius 2 is 2.29 bits per heavy atom. The minimum Gasteiger partial charge on any atom is -0.349 e. The van der Waals surface area contributed by atoms with Crippen molar-refractivity contribution in [1.82, 2.24) is 4.98 Å². The molecule has 0 aliphatic rings. The first-order chi connectivity index (χ1) is 6.67. The molecule has 1 heterocycles. The molecule has 0 saturated heterocycles. The van der Waals surface area contributed by atoms with Crippen LogP contribution in [-0.4, -0.2) is 18.6 Å². The lowest BCUT2D eigenvalue weighted by Gasteiger charge is -2.16. The third-order valence-corrected chi connectivity index (χ3v) is 1.95. The predicted octanol–water partition coefficient (Wildman–Crippen LogP) is 0.918. The third kappa shape index (κ3) is 2.48. The van der Waals surface area contributed by atoms with Gasteiger partial charge in [-0.25, -0.2) is 4.98 Å². The third-order valence-electron chi connectivity index (χ3n) is 1.95. The minimum atomic E-state index is 0.528. The second-order valence-corrected chi connectivity index (χ2v) is 3.24. The molecule has 0 atom stereocenters. The highest BCUT2D eigenvalue weighted by molar-refractivity contribution is 5.42. The second-order valence-electron chi connectivity index (χ2n) is 3.24. The molecule has 0 spiro atoms. The molecule has 3 heteroatoms. The van der Waals surface area contributed by atoms with Gasteiger partial charge in [-0.15, -0.1) is 6.42 Å². The first kappa shape index (κ1) is 10.6. The van der Waals surface area contributed by atoms with Crippen LogP contribution in [0.1, 0.15) is 11.3 Å². The van der Waals surface area contributed by atoms with E-state index in [2.05, 4.69) is 10.9 Å². The summed E-state index contributed by atoms with van der Waals surface area (Å²) in [5.41, 5.74) is 7.62. The largest absolute Gasteiger partial charge is 0.349 e. The average molecular weight is 189 g/mol. The number of anilines is 1. The maximum atomic E-state index is 5.58. The maximum Gasteiger partial charge on any atom is 0.129 e. The molecule has 0 saturated carbocycles. The van der Waals surface area contributed by atoms with Crippen LogP contribution < -0.4 is 10.6 Å². The van der Waals surface area contributed by atoms with E-state index in [0.717, 1.165) is 17.1 Å². The number of terminal acetylenes is 1. The standard InChI is InChI=1S/C11H15N3/c1-4-5-14(3)11-7-10(8-12)6-9(2)13-11/h1,6-7H,5,8,12H2,2-3H3. The molecule has 0 bridgehead atoms. The van der Waals surface area contributed by atoms with Gasteiger partial charge in [0.25, 0.3) is 0 Å². The fraction of sp³-hybridized carbons (Fsp3) is 0.364. The van der Waals surface area contributed by atoms with Crippen LogP contribution >= 0.6 is 0 Å². The van der Waals surface area contributed by atoms with Crippen molar-refractivity contribution in [2.24, 2.45) is 5.73 Å². The summed E-state index contributed by atoms with van der Waals surface area (Å²) in [7, 11) is 1.92. The van der Waals surface area contributed by atoms with E-state index in [1.165, 1.54) is 0 Å². The van der Waals surface area contributed by atoms with Crippen LogP contribution in [0.4, 0.5) is 5.82 Å². The molecule has 0 amide bonds. The van der Waals surface area contributed by atoms with E-state index in [1.807, 2.05) is 31.0 Å². The van der Waals surface area contributed by atoms with Crippen molar-refractivity contribution in [2.45, 2.75) is 13.5 Å². The number of nitrogens with zero attached hydrogens (tertiary/aromatic N) is 2. The van der Waals surface area contributed by atoms with Crippen molar-refractivity contribution in [3.05, 3.63) is 23.4 Å². The van der Waals surface area contributed by atoms with Crippen molar-refractivity contribution < 1.29 is 0 Å². The molecule has 0 aliphatic carbocycles. The van der Waals surface area contributed by atoms with Crippen LogP contribution in [0.5, 0.6) is 0 Å². The van der Waals surface area contributed by atoms with E-state index in [4.69, 9.17) is 12.2 Å². The van der Waals surface area contributed by atoms with Crippen molar-refractivity contribution in [2.75, 3.05) is 18.5 Å². The predicted molar refractivity (Wildman–Crippen MR) is 59.0 cm³/mol. The first-order valence-electron chi connectivity index (χ1n) is 4.49. The number of aryl methyl sites for hydroxylation is 1. The lowest BCUT2D eigenvalue weighted by atomic mass is 10.2. The van der Waals surface area contributed by atoms with E-state index in [0.29, 0.717) is 13.1 Å². The smallest absolute Gasteiger partial charge is 0.129 e. The van der Waals surface area contributed by atoms with Gasteiger partial charge in [0.1, 0.15) is 5.82 Å². The normalized spacial score (nSPS) is 9.57. The van der Waals surface area contributed by atoms with Gasteiger partial charge in [0.2, 0.25) is 0 Å². The molecule has 0 fully saturated rings. The molecule has 0 aromatic carbocycles. The summed E-state index contributed by atoms with van der Waals surface area (Å²) >= 11 is 0. The van der Waals surface area contributed by atoms with Crippen LogP contribution in [0.15, 0.2) is 12.1 Å². The van der Waals surface area contributed by atoms with E-state index in [9.17, 15) is 0 Å². The molecule has 0 radical (unpaired) electrons. The van der Waals surface area contributed by atoms with Gasteiger partial charge in [-0.2, -0.15) is 0 Å². The molecular weight excluding hydrogens is 174 g/mol. The summed E-state index contributed by atoms with van der Waals surface area (Å²) in [5, 5.41) is 0. The highest BCUT2D eigenvalue weighted by atomic mass is 15.2. The Balaban J connectivity index is 2.97. The van der Waals surface area contributed by atoms with Gasteiger partial charge < -0.3 is 10.6 Å². The van der Waals surface area contributed by atoms with Gasteiger partial charge in [0, 0.05) is 19.3 Å². The summed E-state index contributed by atoms with van der Waals surface area (Å²) in [6.07, 6.45) is 5.23. The Morgan fingerprint density at radius 3 is 2.86 bits per heavy atom. The quantitative estimate of drug-likeness (QED) is 0.719. The molecule has 0 unspecified atom stereocenters. The molecular formula is C11H15N3. The second kappa shape index (κ2) is 4.64. The summed E-state index contributed by atoms with van der Waals surface area (Å²) in [4.78, 5) is 6.30. The molecule has 14 heavy (non-hydrogen) atoms.